The fourth-order valence-electron chi connectivity index (χ4n) is 2.62. The van der Waals surface area contributed by atoms with Crippen LogP contribution in [0.1, 0.15) is 78.1 Å². The van der Waals surface area contributed by atoms with Gasteiger partial charge in [-0.15, -0.1) is 13.2 Å². The summed E-state index contributed by atoms with van der Waals surface area (Å²) < 4.78 is 18.6. The summed E-state index contributed by atoms with van der Waals surface area (Å²) in [6.45, 7) is 18.0. The highest BCUT2D eigenvalue weighted by molar-refractivity contribution is 6.84. The van der Waals surface area contributed by atoms with Crippen LogP contribution in [0.25, 0.3) is 0 Å². The molecule has 0 saturated carbocycles. The van der Waals surface area contributed by atoms with Gasteiger partial charge in [0, 0.05) is 13.2 Å². The van der Waals surface area contributed by atoms with Gasteiger partial charge < -0.3 is 13.0 Å². The van der Waals surface area contributed by atoms with Gasteiger partial charge in [-0.1, -0.05) is 76.6 Å². The van der Waals surface area contributed by atoms with E-state index in [9.17, 15) is 0 Å². The molecule has 0 aliphatic carbocycles. The Morgan fingerprint density at radius 1 is 0.640 bits per heavy atom. The Hall–Kier alpha value is -0.206. The van der Waals surface area contributed by atoms with Crippen LogP contribution in [-0.4, -0.2) is 30.3 Å². The normalized spacial score (nSPS) is 16.2. The highest BCUT2D eigenvalue weighted by Gasteiger charge is 2.39. The first-order valence-electron chi connectivity index (χ1n) is 10.2. The summed E-state index contributed by atoms with van der Waals surface area (Å²) in [5.74, 6) is 0. The van der Waals surface area contributed by atoms with Crippen molar-refractivity contribution < 1.29 is 13.0 Å². The summed E-state index contributed by atoms with van der Waals surface area (Å²) in [6.07, 6.45) is 12.3. The number of hydrogen-bond donors (Lipinski definition) is 0. The van der Waals surface area contributed by atoms with Gasteiger partial charge in [0.2, 0.25) is 0 Å². The van der Waals surface area contributed by atoms with Gasteiger partial charge >= 0.3 is 17.1 Å². The average Bonchev–Trinajstić information content (AvgIpc) is 2.61. The molecule has 25 heavy (non-hydrogen) atoms. The first-order valence-corrected chi connectivity index (χ1v) is 15.0. The topological polar surface area (TPSA) is 27.7 Å². The minimum absolute atomic E-state index is 0.747. The maximum absolute atomic E-state index is 6.38. The van der Waals surface area contributed by atoms with Gasteiger partial charge in [-0.25, -0.2) is 0 Å². The van der Waals surface area contributed by atoms with E-state index in [1.165, 1.54) is 51.4 Å². The Morgan fingerprint density at radius 2 is 1.00 bits per heavy atom. The number of hydrogen-bond acceptors (Lipinski definition) is 3. The monoisotopic (exact) mass is 386 g/mol. The summed E-state index contributed by atoms with van der Waals surface area (Å²) in [4.78, 5) is 0. The SMILES string of the molecule is C=C[Si](C)(OCCCCCCC)O[Si](C)(C=C)OCCCCCCC. The molecule has 0 amide bonds. The molecule has 0 radical (unpaired) electrons. The van der Waals surface area contributed by atoms with Crippen LogP contribution in [0.15, 0.2) is 24.6 Å². The van der Waals surface area contributed by atoms with Gasteiger partial charge in [-0.3, -0.25) is 0 Å². The van der Waals surface area contributed by atoms with E-state index in [1.807, 2.05) is 11.4 Å². The standard InChI is InChI=1S/C20H42O3Si2/c1-7-11-13-15-17-19-21-24(5,9-3)23-25(6,10-4)22-20-18-16-14-12-8-2/h9-10H,3-4,7-8,11-20H2,1-2,5-6H3. The van der Waals surface area contributed by atoms with Crippen molar-refractivity contribution in [2.45, 2.75) is 91.1 Å². The van der Waals surface area contributed by atoms with E-state index in [0.29, 0.717) is 0 Å². The molecule has 0 aliphatic rings. The van der Waals surface area contributed by atoms with E-state index in [-0.39, 0.29) is 0 Å². The molecular formula is C20H42O3Si2. The zero-order valence-electron chi connectivity index (χ0n) is 17.3. The van der Waals surface area contributed by atoms with E-state index in [0.717, 1.165) is 26.1 Å². The van der Waals surface area contributed by atoms with Crippen LogP contribution in [0.5, 0.6) is 0 Å². The third-order valence-electron chi connectivity index (χ3n) is 4.42. The number of rotatable bonds is 18. The third-order valence-corrected chi connectivity index (χ3v) is 10.7. The van der Waals surface area contributed by atoms with E-state index in [4.69, 9.17) is 13.0 Å². The van der Waals surface area contributed by atoms with Crippen molar-refractivity contribution in [2.24, 2.45) is 0 Å². The van der Waals surface area contributed by atoms with E-state index >= 15 is 0 Å². The molecule has 5 heteroatoms. The minimum atomic E-state index is -2.40. The molecule has 0 N–H and O–H groups in total. The zero-order chi connectivity index (χ0) is 19.0. The van der Waals surface area contributed by atoms with Crippen LogP contribution in [-0.2, 0) is 13.0 Å². The summed E-state index contributed by atoms with van der Waals surface area (Å²) >= 11 is 0. The summed E-state index contributed by atoms with van der Waals surface area (Å²) in [7, 11) is -4.80. The second-order valence-electron chi connectivity index (χ2n) is 7.07. The molecule has 0 rings (SSSR count). The van der Waals surface area contributed by atoms with Gasteiger partial charge in [0.1, 0.15) is 0 Å². The molecule has 0 bridgehead atoms. The fourth-order valence-corrected chi connectivity index (χ4v) is 8.32. The van der Waals surface area contributed by atoms with Gasteiger partial charge in [-0.05, 0) is 25.9 Å². The molecule has 148 valence electrons. The molecule has 0 aromatic rings. The van der Waals surface area contributed by atoms with Crippen molar-refractivity contribution in [2.75, 3.05) is 13.2 Å². The molecular weight excluding hydrogens is 344 g/mol. The fraction of sp³-hybridized carbons (Fsp3) is 0.800. The average molecular weight is 387 g/mol. The van der Waals surface area contributed by atoms with Crippen LogP contribution in [0.4, 0.5) is 0 Å². The van der Waals surface area contributed by atoms with Crippen LogP contribution < -0.4 is 0 Å². The van der Waals surface area contributed by atoms with Crippen LogP contribution in [0.2, 0.25) is 13.1 Å². The molecule has 0 spiro atoms. The van der Waals surface area contributed by atoms with Crippen molar-refractivity contribution in [1.29, 1.82) is 0 Å². The predicted molar refractivity (Wildman–Crippen MR) is 114 cm³/mol. The molecule has 0 aromatic carbocycles. The van der Waals surface area contributed by atoms with Crippen molar-refractivity contribution in [3.63, 3.8) is 0 Å². The third kappa shape index (κ3) is 12.7. The lowest BCUT2D eigenvalue weighted by molar-refractivity contribution is 0.196. The first-order chi connectivity index (χ1) is 11.9. The van der Waals surface area contributed by atoms with Crippen LogP contribution in [0, 0.1) is 0 Å². The maximum atomic E-state index is 6.38. The number of unbranched alkanes of at least 4 members (excludes halogenated alkanes) is 8. The molecule has 2 atom stereocenters. The highest BCUT2D eigenvalue weighted by atomic mass is 28.5. The predicted octanol–water partition coefficient (Wildman–Crippen LogP) is 6.57. The highest BCUT2D eigenvalue weighted by Crippen LogP contribution is 2.20. The van der Waals surface area contributed by atoms with Crippen molar-refractivity contribution in [3.05, 3.63) is 24.6 Å². The van der Waals surface area contributed by atoms with Crippen LogP contribution in [0.3, 0.4) is 0 Å². The summed E-state index contributed by atoms with van der Waals surface area (Å²) in [5.41, 5.74) is 3.75. The van der Waals surface area contributed by atoms with Gasteiger partial charge in [-0.2, -0.15) is 0 Å². The lowest BCUT2D eigenvalue weighted by Crippen LogP contribution is -2.50. The van der Waals surface area contributed by atoms with Gasteiger partial charge in [0.25, 0.3) is 0 Å². The second kappa shape index (κ2) is 14.9. The van der Waals surface area contributed by atoms with Crippen molar-refractivity contribution >= 4 is 17.1 Å². The Bertz CT molecular complexity index is 320. The van der Waals surface area contributed by atoms with Gasteiger partial charge in [0.15, 0.2) is 0 Å². The molecule has 0 saturated heterocycles. The summed E-state index contributed by atoms with van der Waals surface area (Å²) in [6, 6.07) is 0. The molecule has 0 heterocycles. The zero-order valence-corrected chi connectivity index (χ0v) is 19.3. The quantitative estimate of drug-likeness (QED) is 0.197. The second-order valence-corrected chi connectivity index (χ2v) is 13.3. The van der Waals surface area contributed by atoms with Crippen molar-refractivity contribution in [1.82, 2.24) is 0 Å². The lowest BCUT2D eigenvalue weighted by atomic mass is 10.2. The molecule has 0 fully saturated rings. The minimum Gasteiger partial charge on any atom is -0.409 e. The molecule has 2 unspecified atom stereocenters. The molecule has 3 nitrogen and oxygen atoms in total. The largest absolute Gasteiger partial charge is 0.409 e. The van der Waals surface area contributed by atoms with E-state index < -0.39 is 17.1 Å². The molecule has 0 aromatic heterocycles. The lowest BCUT2D eigenvalue weighted by Gasteiger charge is -2.33. The summed E-state index contributed by atoms with van der Waals surface area (Å²) in [5, 5.41) is 0. The van der Waals surface area contributed by atoms with E-state index in [1.54, 1.807) is 0 Å². The maximum Gasteiger partial charge on any atom is 0.352 e. The Kier molecular flexibility index (Phi) is 14.8. The van der Waals surface area contributed by atoms with Crippen molar-refractivity contribution in [3.8, 4) is 0 Å². The Morgan fingerprint density at radius 3 is 1.32 bits per heavy atom. The van der Waals surface area contributed by atoms with Crippen LogP contribution >= 0.6 is 0 Å². The smallest absolute Gasteiger partial charge is 0.352 e. The molecule has 0 aliphatic heterocycles. The van der Waals surface area contributed by atoms with Gasteiger partial charge in [0.05, 0.1) is 0 Å². The first kappa shape index (κ1) is 24.8. The Labute approximate surface area is 159 Å². The van der Waals surface area contributed by atoms with E-state index in [2.05, 4.69) is 40.1 Å². The Balaban J connectivity index is 4.25.